The van der Waals surface area contributed by atoms with Gasteiger partial charge in [0.25, 0.3) is 0 Å². The molecule has 1 saturated carbocycles. The summed E-state index contributed by atoms with van der Waals surface area (Å²) in [7, 11) is 1.86. The number of nitrogens with zero attached hydrogens (tertiary/aromatic N) is 2. The summed E-state index contributed by atoms with van der Waals surface area (Å²) in [6.45, 7) is 3.20. The molecule has 2 aliphatic rings. The normalized spacial score (nSPS) is 28.4. The predicted octanol–water partition coefficient (Wildman–Crippen LogP) is 3.75. The third-order valence-electron chi connectivity index (χ3n) is 5.19. The minimum absolute atomic E-state index is 0.475. The summed E-state index contributed by atoms with van der Waals surface area (Å²) < 4.78 is 5.69. The van der Waals surface area contributed by atoms with Gasteiger partial charge in [0.15, 0.2) is 0 Å². The number of piperidine rings is 1. The highest BCUT2D eigenvalue weighted by Crippen LogP contribution is 2.38. The highest BCUT2D eigenvalue weighted by atomic mass is 35.5. The molecule has 3 nitrogen and oxygen atoms in total. The third kappa shape index (κ3) is 2.62. The summed E-state index contributed by atoms with van der Waals surface area (Å²) in [5, 5.41) is 1.87. The summed E-state index contributed by atoms with van der Waals surface area (Å²) in [6, 6.07) is 10.1. The molecule has 0 amide bonds. The number of hydrogen-bond acceptors (Lipinski definition) is 3. The summed E-state index contributed by atoms with van der Waals surface area (Å²) >= 11 is 6.03. The molecule has 3 atom stereocenters. The third-order valence-corrected chi connectivity index (χ3v) is 5.42. The van der Waals surface area contributed by atoms with Crippen LogP contribution in [0, 0.1) is 11.8 Å². The second kappa shape index (κ2) is 5.80. The zero-order valence-corrected chi connectivity index (χ0v) is 13.6. The summed E-state index contributed by atoms with van der Waals surface area (Å²) in [6.07, 6.45) is 3.09. The topological polar surface area (TPSA) is 25.4 Å². The first kappa shape index (κ1) is 14.4. The van der Waals surface area contributed by atoms with E-state index in [1.54, 1.807) is 0 Å². The van der Waals surface area contributed by atoms with Gasteiger partial charge >= 0.3 is 0 Å². The van der Waals surface area contributed by atoms with Gasteiger partial charge in [-0.05, 0) is 48.9 Å². The molecule has 116 valence electrons. The summed E-state index contributed by atoms with van der Waals surface area (Å²) in [5.74, 6) is 1.39. The number of ether oxygens (including phenoxy) is 1. The van der Waals surface area contributed by atoms with Crippen LogP contribution < -0.4 is 0 Å². The van der Waals surface area contributed by atoms with Crippen LogP contribution >= 0.6 is 11.6 Å². The van der Waals surface area contributed by atoms with Gasteiger partial charge < -0.3 is 4.74 Å². The van der Waals surface area contributed by atoms with E-state index in [0.717, 1.165) is 41.3 Å². The molecule has 1 saturated heterocycles. The maximum atomic E-state index is 6.03. The van der Waals surface area contributed by atoms with Crippen LogP contribution in [0.3, 0.4) is 0 Å². The highest BCUT2D eigenvalue weighted by Gasteiger charge is 2.42. The fourth-order valence-corrected chi connectivity index (χ4v) is 4.42. The van der Waals surface area contributed by atoms with Gasteiger partial charge in [-0.15, -0.1) is 0 Å². The van der Waals surface area contributed by atoms with Crippen molar-refractivity contribution >= 4 is 22.5 Å². The molecule has 0 radical (unpaired) electrons. The molecule has 4 rings (SSSR count). The number of benzene rings is 1. The lowest BCUT2D eigenvalue weighted by molar-refractivity contribution is -0.0182. The molecule has 0 N–H and O–H groups in total. The van der Waals surface area contributed by atoms with Crippen molar-refractivity contribution in [2.45, 2.75) is 25.5 Å². The lowest BCUT2D eigenvalue weighted by Crippen LogP contribution is -2.45. The Bertz CT molecular complexity index is 676. The van der Waals surface area contributed by atoms with Crippen molar-refractivity contribution in [3.63, 3.8) is 0 Å². The van der Waals surface area contributed by atoms with Crippen molar-refractivity contribution in [1.29, 1.82) is 0 Å². The molecule has 2 aromatic rings. The first-order valence-corrected chi connectivity index (χ1v) is 8.41. The smallest absolute Gasteiger partial charge is 0.0706 e. The fraction of sp³-hybridized carbons (Fsp3) is 0.500. The van der Waals surface area contributed by atoms with Crippen molar-refractivity contribution in [2.75, 3.05) is 20.2 Å². The maximum absolute atomic E-state index is 6.03. The molecule has 1 aliphatic carbocycles. The van der Waals surface area contributed by atoms with Gasteiger partial charge in [0.05, 0.1) is 17.3 Å². The van der Waals surface area contributed by atoms with Crippen LogP contribution in [0.5, 0.6) is 0 Å². The molecule has 1 aromatic heterocycles. The van der Waals surface area contributed by atoms with Crippen molar-refractivity contribution in [3.8, 4) is 0 Å². The van der Waals surface area contributed by atoms with Crippen LogP contribution in [-0.2, 0) is 11.3 Å². The minimum Gasteiger partial charge on any atom is -0.381 e. The van der Waals surface area contributed by atoms with Crippen LogP contribution in [0.15, 0.2) is 30.3 Å². The van der Waals surface area contributed by atoms with Gasteiger partial charge in [0.1, 0.15) is 0 Å². The van der Waals surface area contributed by atoms with E-state index in [1.807, 2.05) is 25.3 Å². The molecule has 0 spiro atoms. The molecular weight excluding hydrogens is 296 g/mol. The number of pyridine rings is 1. The average molecular weight is 317 g/mol. The van der Waals surface area contributed by atoms with E-state index in [-0.39, 0.29) is 0 Å². The number of hydrogen-bond donors (Lipinski definition) is 0. The molecule has 1 unspecified atom stereocenters. The van der Waals surface area contributed by atoms with Gasteiger partial charge in [0.2, 0.25) is 0 Å². The Morgan fingerprint density at radius 1 is 1.18 bits per heavy atom. The van der Waals surface area contributed by atoms with E-state index in [0.29, 0.717) is 17.9 Å². The molecule has 2 heterocycles. The lowest BCUT2D eigenvalue weighted by Gasteiger charge is -2.37. The number of methoxy groups -OCH3 is 1. The Balaban J connectivity index is 1.51. The molecule has 2 bridgehead atoms. The number of rotatable bonds is 3. The Morgan fingerprint density at radius 3 is 2.68 bits per heavy atom. The van der Waals surface area contributed by atoms with E-state index in [4.69, 9.17) is 21.3 Å². The summed E-state index contributed by atoms with van der Waals surface area (Å²) in [5.41, 5.74) is 2.17. The maximum Gasteiger partial charge on any atom is 0.0706 e. The van der Waals surface area contributed by atoms with Crippen LogP contribution in [-0.4, -0.2) is 36.2 Å². The molecule has 1 aliphatic heterocycles. The predicted molar refractivity (Wildman–Crippen MR) is 89.0 cm³/mol. The largest absolute Gasteiger partial charge is 0.381 e. The zero-order valence-electron chi connectivity index (χ0n) is 12.8. The van der Waals surface area contributed by atoms with Crippen LogP contribution in [0.25, 0.3) is 10.9 Å². The SMILES string of the molecule is COC1[C@@H]2CC[C@H]1CN(Cc1ccc3cc(Cl)ccc3n1)C2. The van der Waals surface area contributed by atoms with Gasteiger partial charge in [-0.3, -0.25) is 9.88 Å². The molecule has 22 heavy (non-hydrogen) atoms. The van der Waals surface area contributed by atoms with Gasteiger partial charge in [0, 0.05) is 37.2 Å². The fourth-order valence-electron chi connectivity index (χ4n) is 4.24. The van der Waals surface area contributed by atoms with Crippen LogP contribution in [0.4, 0.5) is 0 Å². The average Bonchev–Trinajstić information content (AvgIpc) is 2.77. The second-order valence-corrected chi connectivity index (χ2v) is 7.07. The Hall–Kier alpha value is -1.16. The zero-order chi connectivity index (χ0) is 15.1. The molecular formula is C18H21ClN2O. The first-order valence-electron chi connectivity index (χ1n) is 8.03. The number of halogens is 1. The number of fused-ring (bicyclic) bond motifs is 3. The first-order chi connectivity index (χ1) is 10.7. The number of aromatic nitrogens is 1. The number of likely N-dealkylation sites (tertiary alicyclic amines) is 1. The Morgan fingerprint density at radius 2 is 1.95 bits per heavy atom. The van der Waals surface area contributed by atoms with Crippen molar-refractivity contribution in [1.82, 2.24) is 9.88 Å². The van der Waals surface area contributed by atoms with Crippen LogP contribution in [0.1, 0.15) is 18.5 Å². The van der Waals surface area contributed by atoms with E-state index >= 15 is 0 Å². The van der Waals surface area contributed by atoms with Crippen molar-refractivity contribution < 1.29 is 4.74 Å². The van der Waals surface area contributed by atoms with E-state index in [1.165, 1.54) is 12.8 Å². The highest BCUT2D eigenvalue weighted by molar-refractivity contribution is 6.31. The molecule has 1 aromatic carbocycles. The Kier molecular flexibility index (Phi) is 3.81. The lowest BCUT2D eigenvalue weighted by atomic mass is 9.95. The second-order valence-electron chi connectivity index (χ2n) is 6.63. The monoisotopic (exact) mass is 316 g/mol. The summed E-state index contributed by atoms with van der Waals surface area (Å²) in [4.78, 5) is 7.33. The quantitative estimate of drug-likeness (QED) is 0.862. The molecule has 2 fully saturated rings. The van der Waals surface area contributed by atoms with Gasteiger partial charge in [-0.25, -0.2) is 0 Å². The van der Waals surface area contributed by atoms with E-state index in [2.05, 4.69) is 17.0 Å². The van der Waals surface area contributed by atoms with Crippen molar-refractivity contribution in [3.05, 3.63) is 41.0 Å². The van der Waals surface area contributed by atoms with E-state index < -0.39 is 0 Å². The van der Waals surface area contributed by atoms with Gasteiger partial charge in [-0.2, -0.15) is 0 Å². The minimum atomic E-state index is 0.475. The van der Waals surface area contributed by atoms with E-state index in [9.17, 15) is 0 Å². The molecule has 4 heteroatoms. The standard InChI is InChI=1S/C18H21ClN2O/c1-22-18-13-2-3-14(18)10-21(9-13)11-16-6-4-12-8-15(19)5-7-17(12)20-16/h4-8,13-14,18H,2-3,9-11H2,1H3/t13-,14+,18?. The van der Waals surface area contributed by atoms with Crippen LogP contribution in [0.2, 0.25) is 5.02 Å². The van der Waals surface area contributed by atoms with Crippen molar-refractivity contribution in [2.24, 2.45) is 11.8 Å². The van der Waals surface area contributed by atoms with Gasteiger partial charge in [-0.1, -0.05) is 17.7 Å². The Labute approximate surface area is 136 Å².